The zero-order chi connectivity index (χ0) is 17.8. The van der Waals surface area contributed by atoms with E-state index in [1.165, 1.54) is 28.6 Å². The fourth-order valence-corrected chi connectivity index (χ4v) is 8.46. The van der Waals surface area contributed by atoms with E-state index in [1.807, 2.05) is 45.0 Å². The number of hydrogen-bond donors (Lipinski definition) is 0. The monoisotopic (exact) mass is 396 g/mol. The van der Waals surface area contributed by atoms with Gasteiger partial charge in [0.15, 0.2) is 0 Å². The average Bonchev–Trinajstić information content (AvgIpc) is 2.47. The molecule has 23 heavy (non-hydrogen) atoms. The maximum Gasteiger partial charge on any atom is 0.226 e. The highest BCUT2D eigenvalue weighted by atomic mass is 32.5. The predicted molar refractivity (Wildman–Crippen MR) is 103 cm³/mol. The smallest absolute Gasteiger partial charge is 0.226 e. The first kappa shape index (κ1) is 21.1. The minimum absolute atomic E-state index is 0.119. The van der Waals surface area contributed by atoms with Crippen molar-refractivity contribution in [3.63, 3.8) is 0 Å². The molecule has 0 fully saturated rings. The molecule has 1 rings (SSSR count). The molecule has 0 amide bonds. The molecule has 0 radical (unpaired) electrons. The van der Waals surface area contributed by atoms with Gasteiger partial charge in [0.2, 0.25) is 16.6 Å². The van der Waals surface area contributed by atoms with Crippen molar-refractivity contribution in [2.45, 2.75) is 38.2 Å². The van der Waals surface area contributed by atoms with Crippen molar-refractivity contribution in [3.8, 4) is 0 Å². The minimum atomic E-state index is -3.46. The van der Waals surface area contributed by atoms with E-state index < -0.39 is 16.6 Å². The van der Waals surface area contributed by atoms with Crippen LogP contribution in [0, 0.1) is 6.92 Å². The van der Waals surface area contributed by atoms with Crippen LogP contribution in [0.3, 0.4) is 0 Å². The summed E-state index contributed by atoms with van der Waals surface area (Å²) >= 11 is 7.11. The number of benzene rings is 1. The molecule has 0 aromatic heterocycles. The Labute approximate surface area is 149 Å². The first-order valence-corrected chi connectivity index (χ1v) is 12.5. The maximum absolute atomic E-state index is 12.0. The van der Waals surface area contributed by atoms with E-state index in [-0.39, 0.29) is 6.10 Å². The van der Waals surface area contributed by atoms with Crippen LogP contribution in [0.2, 0.25) is 0 Å². The van der Waals surface area contributed by atoms with E-state index in [0.29, 0.717) is 0 Å². The van der Waals surface area contributed by atoms with E-state index in [1.54, 1.807) is 11.1 Å². The van der Waals surface area contributed by atoms with Gasteiger partial charge in [-0.1, -0.05) is 24.6 Å². The molecule has 9 heteroatoms. The van der Waals surface area contributed by atoms with Gasteiger partial charge in [-0.25, -0.2) is 8.42 Å². The van der Waals surface area contributed by atoms with Gasteiger partial charge < -0.3 is 4.52 Å². The van der Waals surface area contributed by atoms with Gasteiger partial charge in [0.05, 0.1) is 12.4 Å². The third-order valence-corrected chi connectivity index (χ3v) is 11.9. The van der Waals surface area contributed by atoms with Gasteiger partial charge in [0.1, 0.15) is 0 Å². The summed E-state index contributed by atoms with van der Waals surface area (Å²) in [5, 5.41) is 0. The average molecular weight is 397 g/mol. The van der Waals surface area contributed by atoms with Gasteiger partial charge in [0.25, 0.3) is 0 Å². The summed E-state index contributed by atoms with van der Waals surface area (Å²) in [6.07, 6.45) is 1.79. The fraction of sp³-hybridized carbons (Fsp3) is 0.571. The Morgan fingerprint density at radius 1 is 1.30 bits per heavy atom. The summed E-state index contributed by atoms with van der Waals surface area (Å²) < 4.78 is 33.0. The normalized spacial score (nSPS) is 16.5. The van der Waals surface area contributed by atoms with Crippen LogP contribution in [0.4, 0.5) is 0 Å². The molecule has 0 saturated carbocycles. The predicted octanol–water partition coefficient (Wildman–Crippen LogP) is 3.86. The second-order valence-corrected chi connectivity index (χ2v) is 13.0. The molecule has 132 valence electrons. The van der Waals surface area contributed by atoms with Gasteiger partial charge in [-0.2, -0.15) is 4.08 Å². The molecular formula is C14H25N2O3PS3. The van der Waals surface area contributed by atoms with Gasteiger partial charge in [0, 0.05) is 19.0 Å². The molecule has 0 bridgehead atoms. The van der Waals surface area contributed by atoms with Crippen molar-refractivity contribution in [1.29, 1.82) is 0 Å². The molecule has 1 unspecified atom stereocenters. The van der Waals surface area contributed by atoms with Crippen LogP contribution < -0.4 is 0 Å². The highest BCUT2D eigenvalue weighted by Crippen LogP contribution is 2.59. The molecule has 0 aliphatic rings. The standard InChI is InChI=1S/C14H25N2O3PS3/c1-7-13(3)19-20(21,16(5)23(6,17)18)15(4)22-14-10-8-12(2)9-11-14/h8-11,13H,7H2,1-6H3/t13-,20?/m0/s1. The van der Waals surface area contributed by atoms with Gasteiger partial charge in [-0.05, 0) is 56.2 Å². The Kier molecular flexibility index (Phi) is 7.73. The maximum atomic E-state index is 12.0. The summed E-state index contributed by atoms with van der Waals surface area (Å²) in [7, 11) is -0.182. The highest BCUT2D eigenvalue weighted by molar-refractivity contribution is 8.19. The third kappa shape index (κ3) is 5.81. The lowest BCUT2D eigenvalue weighted by Crippen LogP contribution is -2.30. The lowest BCUT2D eigenvalue weighted by molar-refractivity contribution is 0.221. The Morgan fingerprint density at radius 3 is 2.26 bits per heavy atom. The van der Waals surface area contributed by atoms with Crippen molar-refractivity contribution in [1.82, 2.24) is 8.15 Å². The van der Waals surface area contributed by atoms with Crippen LogP contribution in [0.1, 0.15) is 25.8 Å². The van der Waals surface area contributed by atoms with Crippen molar-refractivity contribution in [2.24, 2.45) is 0 Å². The number of sulfonamides is 1. The molecule has 0 aliphatic heterocycles. The van der Waals surface area contributed by atoms with Crippen molar-refractivity contribution < 1.29 is 12.9 Å². The third-order valence-electron chi connectivity index (χ3n) is 3.34. The first-order chi connectivity index (χ1) is 10.5. The molecule has 5 nitrogen and oxygen atoms in total. The second-order valence-electron chi connectivity index (χ2n) is 5.38. The number of rotatable bonds is 8. The van der Waals surface area contributed by atoms with Crippen LogP contribution in [-0.2, 0) is 26.4 Å². The van der Waals surface area contributed by atoms with E-state index in [0.717, 1.165) is 17.6 Å². The van der Waals surface area contributed by atoms with Crippen LogP contribution in [0.25, 0.3) is 0 Å². The SMILES string of the molecule is CC[C@H](C)OP(=S)(N(C)Sc1ccc(C)cc1)N(C)S(C)(=O)=O. The molecular weight excluding hydrogens is 371 g/mol. The van der Waals surface area contributed by atoms with Crippen LogP contribution in [0.15, 0.2) is 29.2 Å². The Balaban J connectivity index is 3.12. The summed E-state index contributed by atoms with van der Waals surface area (Å²) in [4.78, 5) is 0.988. The molecule has 2 atom stereocenters. The molecule has 0 spiro atoms. The van der Waals surface area contributed by atoms with Crippen molar-refractivity contribution in [3.05, 3.63) is 29.8 Å². The zero-order valence-electron chi connectivity index (χ0n) is 14.4. The van der Waals surface area contributed by atoms with Gasteiger partial charge >= 0.3 is 0 Å². The highest BCUT2D eigenvalue weighted by Gasteiger charge is 2.37. The molecule has 1 aromatic rings. The Bertz CT molecular complexity index is 664. The molecule has 0 saturated heterocycles. The van der Waals surface area contributed by atoms with Gasteiger partial charge in [-0.15, -0.1) is 4.08 Å². The van der Waals surface area contributed by atoms with Crippen LogP contribution >= 0.6 is 18.5 Å². The molecule has 0 aliphatic carbocycles. The Morgan fingerprint density at radius 2 is 1.83 bits per heavy atom. The van der Waals surface area contributed by atoms with E-state index >= 15 is 0 Å². The van der Waals surface area contributed by atoms with E-state index in [2.05, 4.69) is 0 Å². The molecule has 1 aromatic carbocycles. The molecule has 0 N–H and O–H groups in total. The van der Waals surface area contributed by atoms with Crippen molar-refractivity contribution in [2.75, 3.05) is 20.4 Å². The largest absolute Gasteiger partial charge is 0.323 e. The zero-order valence-corrected chi connectivity index (χ0v) is 17.7. The molecule has 0 heterocycles. The summed E-state index contributed by atoms with van der Waals surface area (Å²) in [5.41, 5.74) is 1.17. The fourth-order valence-electron chi connectivity index (χ4n) is 1.61. The minimum Gasteiger partial charge on any atom is -0.323 e. The lowest BCUT2D eigenvalue weighted by Gasteiger charge is -2.37. The quantitative estimate of drug-likeness (QED) is 0.491. The Hall–Kier alpha value is 0.0500. The van der Waals surface area contributed by atoms with Crippen LogP contribution in [-0.4, -0.2) is 43.0 Å². The number of hydrogen-bond acceptors (Lipinski definition) is 5. The van der Waals surface area contributed by atoms with E-state index in [4.69, 9.17) is 16.3 Å². The summed E-state index contributed by atoms with van der Waals surface area (Å²) in [6.45, 7) is 3.01. The van der Waals surface area contributed by atoms with Crippen LogP contribution in [0.5, 0.6) is 0 Å². The van der Waals surface area contributed by atoms with Crippen molar-refractivity contribution >= 4 is 40.3 Å². The van der Waals surface area contributed by atoms with E-state index in [9.17, 15) is 8.42 Å². The number of nitrogens with zero attached hydrogens (tertiary/aromatic N) is 2. The first-order valence-electron chi connectivity index (χ1n) is 7.22. The summed E-state index contributed by atoms with van der Waals surface area (Å²) in [6, 6.07) is 7.99. The second kappa shape index (κ2) is 8.43. The number of aryl methyl sites for hydroxylation is 1. The topological polar surface area (TPSA) is 49.9 Å². The summed E-state index contributed by atoms with van der Waals surface area (Å²) in [5.74, 6) is 0. The van der Waals surface area contributed by atoms with Gasteiger partial charge in [-0.3, -0.25) is 0 Å². The lowest BCUT2D eigenvalue weighted by atomic mass is 10.2.